The van der Waals surface area contributed by atoms with Crippen molar-refractivity contribution >= 4 is 21.4 Å². The van der Waals surface area contributed by atoms with E-state index >= 15 is 0 Å². The number of sulfone groups is 1. The van der Waals surface area contributed by atoms with Crippen LogP contribution in [0.5, 0.6) is 0 Å². The third-order valence-electron chi connectivity index (χ3n) is 1.48. The zero-order valence-corrected chi connectivity index (χ0v) is 9.97. The molecule has 5 nitrogen and oxygen atoms in total. The lowest BCUT2D eigenvalue weighted by molar-refractivity contribution is 0.181. The summed E-state index contributed by atoms with van der Waals surface area (Å²) in [4.78, 5) is 7.83. The lowest BCUT2D eigenvalue weighted by Crippen LogP contribution is -2.07. The molecule has 0 unspecified atom stereocenters. The second-order valence-corrected chi connectivity index (χ2v) is 5.63. The molecule has 15 heavy (non-hydrogen) atoms. The van der Waals surface area contributed by atoms with Crippen molar-refractivity contribution in [2.75, 3.05) is 13.4 Å². The van der Waals surface area contributed by atoms with Crippen LogP contribution >= 0.6 is 11.6 Å². The molecule has 0 atom stereocenters. The highest BCUT2D eigenvalue weighted by Crippen LogP contribution is 2.09. The quantitative estimate of drug-likeness (QED) is 0.740. The molecule has 0 saturated carbocycles. The molecule has 84 valence electrons. The van der Waals surface area contributed by atoms with Crippen molar-refractivity contribution in [2.24, 2.45) is 0 Å². The predicted octanol–water partition coefficient (Wildman–Crippen LogP) is 0.821. The number of ether oxygens (including phenoxy) is 1. The first-order chi connectivity index (χ1) is 6.90. The number of hydrogen-bond acceptors (Lipinski definition) is 5. The van der Waals surface area contributed by atoms with Gasteiger partial charge in [-0.1, -0.05) is 11.6 Å². The summed E-state index contributed by atoms with van der Waals surface area (Å²) >= 11 is 5.71. The molecule has 1 rings (SSSR count). The molecule has 7 heteroatoms. The lowest BCUT2D eigenvalue weighted by atomic mass is 10.4. The third-order valence-corrected chi connectivity index (χ3v) is 2.45. The minimum Gasteiger partial charge on any atom is -0.378 e. The molecule has 0 saturated heterocycles. The molecule has 0 spiro atoms. The summed E-state index contributed by atoms with van der Waals surface area (Å²) in [6.07, 6.45) is 1.12. The zero-order chi connectivity index (χ0) is 11.5. The van der Waals surface area contributed by atoms with Crippen molar-refractivity contribution in [3.05, 3.63) is 22.7 Å². The average Bonchev–Trinajstić information content (AvgIpc) is 1.99. The third kappa shape index (κ3) is 4.55. The SMILES string of the molecule is COCc1cc(Cl)nc(CS(C)(=O)=O)n1. The van der Waals surface area contributed by atoms with E-state index in [1.807, 2.05) is 0 Å². The van der Waals surface area contributed by atoms with Gasteiger partial charge in [-0.25, -0.2) is 18.4 Å². The monoisotopic (exact) mass is 250 g/mol. The van der Waals surface area contributed by atoms with Crippen molar-refractivity contribution in [1.82, 2.24) is 9.97 Å². The Morgan fingerprint density at radius 2 is 2.13 bits per heavy atom. The van der Waals surface area contributed by atoms with E-state index in [1.54, 1.807) is 0 Å². The van der Waals surface area contributed by atoms with Crippen LogP contribution in [0.25, 0.3) is 0 Å². The van der Waals surface area contributed by atoms with E-state index in [4.69, 9.17) is 16.3 Å². The van der Waals surface area contributed by atoms with Crippen LogP contribution in [0.15, 0.2) is 6.07 Å². The van der Waals surface area contributed by atoms with E-state index in [-0.39, 0.29) is 23.3 Å². The van der Waals surface area contributed by atoms with E-state index in [9.17, 15) is 8.42 Å². The molecule has 1 aromatic heterocycles. The molecule has 0 aliphatic heterocycles. The molecule has 0 aliphatic rings. The molecular formula is C8H11ClN2O3S. The standard InChI is InChI=1S/C8H11ClN2O3S/c1-14-4-6-3-7(9)11-8(10-6)5-15(2,12)13/h3H,4-5H2,1-2H3. The molecule has 0 radical (unpaired) electrons. The molecule has 1 aromatic rings. The highest BCUT2D eigenvalue weighted by molar-refractivity contribution is 7.89. The minimum atomic E-state index is -3.15. The Balaban J connectivity index is 2.98. The zero-order valence-electron chi connectivity index (χ0n) is 8.40. The molecule has 0 amide bonds. The normalized spacial score (nSPS) is 11.7. The van der Waals surface area contributed by atoms with Gasteiger partial charge in [0.1, 0.15) is 16.7 Å². The van der Waals surface area contributed by atoms with Crippen LogP contribution in [0.3, 0.4) is 0 Å². The van der Waals surface area contributed by atoms with Crippen molar-refractivity contribution in [2.45, 2.75) is 12.4 Å². The molecule has 0 N–H and O–H groups in total. The molecule has 0 aromatic carbocycles. The van der Waals surface area contributed by atoms with Crippen LogP contribution in [-0.2, 0) is 26.9 Å². The van der Waals surface area contributed by atoms with Gasteiger partial charge in [-0.15, -0.1) is 0 Å². The fourth-order valence-corrected chi connectivity index (χ4v) is 1.86. The maximum absolute atomic E-state index is 11.0. The van der Waals surface area contributed by atoms with Crippen LogP contribution in [0.2, 0.25) is 5.15 Å². The first kappa shape index (κ1) is 12.4. The van der Waals surface area contributed by atoms with E-state index in [0.29, 0.717) is 5.69 Å². The Morgan fingerprint density at radius 1 is 1.47 bits per heavy atom. The van der Waals surface area contributed by atoms with Crippen LogP contribution in [0, 0.1) is 0 Å². The summed E-state index contributed by atoms with van der Waals surface area (Å²) < 4.78 is 26.9. The Labute approximate surface area is 93.4 Å². The van der Waals surface area contributed by atoms with E-state index in [2.05, 4.69) is 9.97 Å². The molecule has 0 bridgehead atoms. The molecule has 0 fully saturated rings. The van der Waals surface area contributed by atoms with Gasteiger partial charge in [0, 0.05) is 13.4 Å². The first-order valence-corrected chi connectivity index (χ1v) is 6.53. The number of methoxy groups -OCH3 is 1. The second kappa shape index (κ2) is 4.87. The van der Waals surface area contributed by atoms with Crippen LogP contribution in [0.4, 0.5) is 0 Å². The molecule has 1 heterocycles. The van der Waals surface area contributed by atoms with Crippen LogP contribution in [0.1, 0.15) is 11.5 Å². The summed E-state index contributed by atoms with van der Waals surface area (Å²) in [5.41, 5.74) is 0.566. The number of hydrogen-bond donors (Lipinski definition) is 0. The summed E-state index contributed by atoms with van der Waals surface area (Å²) in [7, 11) is -1.63. The van der Waals surface area contributed by atoms with Crippen molar-refractivity contribution < 1.29 is 13.2 Å². The van der Waals surface area contributed by atoms with Crippen molar-refractivity contribution in [3.63, 3.8) is 0 Å². The Bertz CT molecular complexity index is 447. The minimum absolute atomic E-state index is 0.192. The van der Waals surface area contributed by atoms with Gasteiger partial charge in [0.25, 0.3) is 0 Å². The van der Waals surface area contributed by atoms with E-state index in [1.165, 1.54) is 13.2 Å². The Kier molecular flexibility index (Phi) is 4.01. The summed E-state index contributed by atoms with van der Waals surface area (Å²) in [5, 5.41) is 0.218. The van der Waals surface area contributed by atoms with Gasteiger partial charge >= 0.3 is 0 Å². The Morgan fingerprint density at radius 3 is 2.67 bits per heavy atom. The topological polar surface area (TPSA) is 69.2 Å². The van der Waals surface area contributed by atoms with Gasteiger partial charge in [-0.05, 0) is 6.07 Å². The van der Waals surface area contributed by atoms with E-state index < -0.39 is 9.84 Å². The lowest BCUT2D eigenvalue weighted by Gasteiger charge is -2.03. The van der Waals surface area contributed by atoms with Crippen LogP contribution < -0.4 is 0 Å². The molecular weight excluding hydrogens is 240 g/mol. The highest BCUT2D eigenvalue weighted by atomic mass is 35.5. The fourth-order valence-electron chi connectivity index (χ4n) is 1.04. The average molecular weight is 251 g/mol. The number of rotatable bonds is 4. The molecule has 0 aliphatic carbocycles. The van der Waals surface area contributed by atoms with Gasteiger partial charge < -0.3 is 4.74 Å². The Hall–Kier alpha value is -0.720. The highest BCUT2D eigenvalue weighted by Gasteiger charge is 2.09. The number of nitrogens with zero attached hydrogens (tertiary/aromatic N) is 2. The van der Waals surface area contributed by atoms with E-state index in [0.717, 1.165) is 6.26 Å². The van der Waals surface area contributed by atoms with Crippen molar-refractivity contribution in [3.8, 4) is 0 Å². The van der Waals surface area contributed by atoms with Gasteiger partial charge in [0.15, 0.2) is 9.84 Å². The second-order valence-electron chi connectivity index (χ2n) is 3.10. The maximum Gasteiger partial charge on any atom is 0.154 e. The first-order valence-electron chi connectivity index (χ1n) is 4.10. The van der Waals surface area contributed by atoms with Crippen molar-refractivity contribution in [1.29, 1.82) is 0 Å². The largest absolute Gasteiger partial charge is 0.378 e. The van der Waals surface area contributed by atoms with Gasteiger partial charge in [0.2, 0.25) is 0 Å². The van der Waals surface area contributed by atoms with Gasteiger partial charge in [-0.2, -0.15) is 0 Å². The van der Waals surface area contributed by atoms with Gasteiger partial charge in [-0.3, -0.25) is 0 Å². The van der Waals surface area contributed by atoms with Gasteiger partial charge in [0.05, 0.1) is 12.3 Å². The maximum atomic E-state index is 11.0. The summed E-state index contributed by atoms with van der Waals surface area (Å²) in [6, 6.07) is 1.54. The smallest absolute Gasteiger partial charge is 0.154 e. The number of halogens is 1. The fraction of sp³-hybridized carbons (Fsp3) is 0.500. The predicted molar refractivity (Wildman–Crippen MR) is 56.3 cm³/mol. The van der Waals surface area contributed by atoms with Crippen LogP contribution in [-0.4, -0.2) is 31.8 Å². The summed E-state index contributed by atoms with van der Waals surface area (Å²) in [5.74, 6) is -0.0263. The summed E-state index contributed by atoms with van der Waals surface area (Å²) in [6.45, 7) is 0.277. The number of aromatic nitrogens is 2.